The summed E-state index contributed by atoms with van der Waals surface area (Å²) >= 11 is 7.48. The van der Waals surface area contributed by atoms with Gasteiger partial charge >= 0.3 is 0 Å². The number of fused-ring (bicyclic) bond motifs is 1. The molecule has 10 heteroatoms. The predicted molar refractivity (Wildman–Crippen MR) is 111 cm³/mol. The second kappa shape index (κ2) is 8.00. The highest BCUT2D eigenvalue weighted by Crippen LogP contribution is 2.36. The van der Waals surface area contributed by atoms with E-state index in [4.69, 9.17) is 25.6 Å². The molecule has 0 saturated carbocycles. The lowest BCUT2D eigenvalue weighted by molar-refractivity contribution is 0.0825. The summed E-state index contributed by atoms with van der Waals surface area (Å²) in [6, 6.07) is 14.9. The highest BCUT2D eigenvalue weighted by molar-refractivity contribution is 7.98. The van der Waals surface area contributed by atoms with E-state index in [1.807, 2.05) is 48.0 Å². The zero-order chi connectivity index (χ0) is 20.5. The number of benzene rings is 2. The number of hydrogen-bond donors (Lipinski definition) is 0. The first-order chi connectivity index (χ1) is 14.7. The van der Waals surface area contributed by atoms with E-state index < -0.39 is 0 Å². The van der Waals surface area contributed by atoms with Gasteiger partial charge in [-0.25, -0.2) is 0 Å². The van der Waals surface area contributed by atoms with Crippen molar-refractivity contribution in [2.45, 2.75) is 17.0 Å². The molecule has 30 heavy (non-hydrogen) atoms. The molecule has 1 atom stereocenters. The molecule has 0 radical (unpaired) electrons. The molecule has 0 saturated heterocycles. The molecule has 5 rings (SSSR count). The molecular weight excluding hydrogens is 426 g/mol. The normalized spacial score (nSPS) is 15.3. The van der Waals surface area contributed by atoms with Crippen LogP contribution in [0.15, 0.2) is 58.2 Å². The second-order valence-electron chi connectivity index (χ2n) is 6.57. The summed E-state index contributed by atoms with van der Waals surface area (Å²) in [5.41, 5.74) is 0.804. The van der Waals surface area contributed by atoms with Crippen molar-refractivity contribution in [1.29, 1.82) is 0 Å². The number of thioether (sulfide) groups is 1. The van der Waals surface area contributed by atoms with E-state index in [-0.39, 0.29) is 6.10 Å². The lowest BCUT2D eigenvalue weighted by atomic mass is 10.2. The Balaban J connectivity index is 1.27. The second-order valence-corrected chi connectivity index (χ2v) is 7.95. The minimum Gasteiger partial charge on any atom is -0.485 e. The van der Waals surface area contributed by atoms with Crippen LogP contribution < -0.4 is 9.47 Å². The molecule has 0 amide bonds. The Kier molecular flexibility index (Phi) is 5.06. The maximum Gasteiger partial charge on any atom is 0.237 e. The summed E-state index contributed by atoms with van der Waals surface area (Å²) in [7, 11) is 1.90. The zero-order valence-electron chi connectivity index (χ0n) is 15.9. The molecule has 3 heterocycles. The first-order valence-corrected chi connectivity index (χ1v) is 10.5. The fraction of sp³-hybridized carbons (Fsp3) is 0.200. The lowest BCUT2D eigenvalue weighted by Gasteiger charge is -2.25. The largest absolute Gasteiger partial charge is 0.485 e. The Morgan fingerprint density at radius 1 is 1.13 bits per heavy atom. The van der Waals surface area contributed by atoms with Crippen LogP contribution in [0, 0.1) is 0 Å². The SMILES string of the molecule is Cn1c(SCc2nc(-c3cccc(Cl)c3)no2)nnc1C1COc2ccccc2O1. The van der Waals surface area contributed by atoms with Gasteiger partial charge in [0.1, 0.15) is 6.61 Å². The summed E-state index contributed by atoms with van der Waals surface area (Å²) < 4.78 is 19.1. The van der Waals surface area contributed by atoms with E-state index in [2.05, 4.69) is 20.3 Å². The first kappa shape index (κ1) is 19.0. The Labute approximate surface area is 181 Å². The van der Waals surface area contributed by atoms with E-state index in [9.17, 15) is 0 Å². The van der Waals surface area contributed by atoms with Gasteiger partial charge in [0.05, 0.1) is 5.75 Å². The van der Waals surface area contributed by atoms with Gasteiger partial charge in [-0.3, -0.25) is 0 Å². The van der Waals surface area contributed by atoms with Crippen LogP contribution >= 0.6 is 23.4 Å². The molecule has 2 aromatic carbocycles. The van der Waals surface area contributed by atoms with Crippen LogP contribution in [0.2, 0.25) is 5.02 Å². The van der Waals surface area contributed by atoms with Crippen molar-refractivity contribution < 1.29 is 14.0 Å². The molecule has 152 valence electrons. The topological polar surface area (TPSA) is 88.1 Å². The average molecular weight is 442 g/mol. The van der Waals surface area contributed by atoms with Crippen LogP contribution in [0.25, 0.3) is 11.4 Å². The van der Waals surface area contributed by atoms with Gasteiger partial charge < -0.3 is 18.6 Å². The number of aromatic nitrogens is 5. The predicted octanol–water partition coefficient (Wildman–Crippen LogP) is 4.32. The highest BCUT2D eigenvalue weighted by atomic mass is 35.5. The van der Waals surface area contributed by atoms with Crippen LogP contribution in [-0.2, 0) is 12.8 Å². The molecule has 4 aromatic rings. The summed E-state index contributed by atoms with van der Waals surface area (Å²) in [6.45, 7) is 0.375. The van der Waals surface area contributed by atoms with Crippen molar-refractivity contribution in [2.24, 2.45) is 7.05 Å². The van der Waals surface area contributed by atoms with Crippen LogP contribution in [0.3, 0.4) is 0 Å². The Morgan fingerprint density at radius 3 is 2.87 bits per heavy atom. The summed E-state index contributed by atoms with van der Waals surface area (Å²) in [6.07, 6.45) is -0.329. The van der Waals surface area contributed by atoms with Crippen LogP contribution in [0.4, 0.5) is 0 Å². The monoisotopic (exact) mass is 441 g/mol. The van der Waals surface area contributed by atoms with Crippen LogP contribution in [-0.4, -0.2) is 31.5 Å². The highest BCUT2D eigenvalue weighted by Gasteiger charge is 2.27. The van der Waals surface area contributed by atoms with E-state index >= 15 is 0 Å². The third kappa shape index (κ3) is 3.73. The maximum atomic E-state index is 6.03. The minimum atomic E-state index is -0.329. The molecule has 1 unspecified atom stereocenters. The van der Waals surface area contributed by atoms with Crippen molar-refractivity contribution in [3.05, 3.63) is 65.3 Å². The smallest absolute Gasteiger partial charge is 0.237 e. The third-order valence-electron chi connectivity index (χ3n) is 4.54. The molecule has 0 spiro atoms. The Hall–Kier alpha value is -3.04. The molecule has 2 aromatic heterocycles. The van der Waals surface area contributed by atoms with Crippen molar-refractivity contribution in [3.8, 4) is 22.9 Å². The molecule has 0 bridgehead atoms. The molecule has 0 N–H and O–H groups in total. The van der Waals surface area contributed by atoms with Gasteiger partial charge in [-0.15, -0.1) is 10.2 Å². The van der Waals surface area contributed by atoms with E-state index in [1.54, 1.807) is 12.1 Å². The Bertz CT molecular complexity index is 1190. The zero-order valence-corrected chi connectivity index (χ0v) is 17.4. The lowest BCUT2D eigenvalue weighted by Crippen LogP contribution is -2.24. The molecule has 0 fully saturated rings. The summed E-state index contributed by atoms with van der Waals surface area (Å²) in [5.74, 6) is 3.58. The molecule has 0 aliphatic carbocycles. The van der Waals surface area contributed by atoms with Gasteiger partial charge in [0.25, 0.3) is 0 Å². The fourth-order valence-electron chi connectivity index (χ4n) is 3.06. The van der Waals surface area contributed by atoms with E-state index in [0.717, 1.165) is 16.5 Å². The van der Waals surface area contributed by atoms with Gasteiger partial charge in [-0.2, -0.15) is 4.98 Å². The fourth-order valence-corrected chi connectivity index (χ4v) is 4.01. The molecule has 1 aliphatic rings. The van der Waals surface area contributed by atoms with Crippen molar-refractivity contribution in [1.82, 2.24) is 24.9 Å². The minimum absolute atomic E-state index is 0.329. The van der Waals surface area contributed by atoms with Gasteiger partial charge in [-0.1, -0.05) is 52.8 Å². The Morgan fingerprint density at radius 2 is 2.00 bits per heavy atom. The number of rotatable bonds is 5. The van der Waals surface area contributed by atoms with Gasteiger partial charge in [-0.05, 0) is 24.3 Å². The number of hydrogen-bond acceptors (Lipinski definition) is 8. The van der Waals surface area contributed by atoms with Gasteiger partial charge in [0.15, 0.2) is 28.6 Å². The van der Waals surface area contributed by atoms with E-state index in [0.29, 0.717) is 40.7 Å². The first-order valence-electron chi connectivity index (χ1n) is 9.16. The van der Waals surface area contributed by atoms with Gasteiger partial charge in [0, 0.05) is 17.6 Å². The van der Waals surface area contributed by atoms with Crippen LogP contribution in [0.1, 0.15) is 17.8 Å². The number of ether oxygens (including phenoxy) is 2. The number of nitrogens with zero attached hydrogens (tertiary/aromatic N) is 5. The maximum absolute atomic E-state index is 6.03. The summed E-state index contributed by atoms with van der Waals surface area (Å²) in [4.78, 5) is 4.43. The van der Waals surface area contributed by atoms with E-state index in [1.165, 1.54) is 11.8 Å². The van der Waals surface area contributed by atoms with Crippen molar-refractivity contribution >= 4 is 23.4 Å². The average Bonchev–Trinajstić information content (AvgIpc) is 3.39. The van der Waals surface area contributed by atoms with Gasteiger partial charge in [0.2, 0.25) is 11.7 Å². The number of halogens is 1. The quantitative estimate of drug-likeness (QED) is 0.423. The van der Waals surface area contributed by atoms with Crippen molar-refractivity contribution in [2.75, 3.05) is 6.61 Å². The van der Waals surface area contributed by atoms with Crippen LogP contribution in [0.5, 0.6) is 11.5 Å². The van der Waals surface area contributed by atoms with Crippen molar-refractivity contribution in [3.63, 3.8) is 0 Å². The standard InChI is InChI=1S/C20H16ClN5O3S/c1-26-19(16-10-27-14-7-2-3-8-15(14)28-16)23-24-20(26)30-11-17-22-18(25-29-17)12-5-4-6-13(21)9-12/h2-9,16H,10-11H2,1H3. The summed E-state index contributed by atoms with van der Waals surface area (Å²) in [5, 5.41) is 13.9. The molecule has 8 nitrogen and oxygen atoms in total. The molecular formula is C20H16ClN5O3S. The molecule has 1 aliphatic heterocycles. The third-order valence-corrected chi connectivity index (χ3v) is 5.78. The number of para-hydroxylation sites is 2.